The number of likely N-dealkylation sites (N-methyl/N-ethyl adjacent to an activating group) is 1. The van der Waals surface area contributed by atoms with Crippen molar-refractivity contribution >= 4 is 5.91 Å². The smallest absolute Gasteiger partial charge is 0.243 e. The molecule has 4 rings (SSSR count). The molecular formula is C21H31N3O. The van der Waals surface area contributed by atoms with Crippen molar-refractivity contribution in [1.29, 1.82) is 0 Å². The van der Waals surface area contributed by atoms with Gasteiger partial charge in [0.1, 0.15) is 5.54 Å². The molecule has 0 N–H and O–H groups in total. The predicted octanol–water partition coefficient (Wildman–Crippen LogP) is 2.91. The van der Waals surface area contributed by atoms with Crippen molar-refractivity contribution in [2.45, 2.75) is 50.1 Å². The molecule has 25 heavy (non-hydrogen) atoms. The highest BCUT2D eigenvalue weighted by atomic mass is 16.2. The highest BCUT2D eigenvalue weighted by Gasteiger charge is 2.49. The van der Waals surface area contributed by atoms with Gasteiger partial charge in [0, 0.05) is 19.6 Å². The van der Waals surface area contributed by atoms with Crippen molar-refractivity contribution in [2.24, 2.45) is 0 Å². The van der Waals surface area contributed by atoms with Crippen LogP contribution in [0.5, 0.6) is 0 Å². The van der Waals surface area contributed by atoms with Crippen molar-refractivity contribution in [3.8, 4) is 0 Å². The van der Waals surface area contributed by atoms with Gasteiger partial charge in [0.05, 0.1) is 6.04 Å². The van der Waals surface area contributed by atoms with E-state index in [0.717, 1.165) is 45.6 Å². The second-order valence-corrected chi connectivity index (χ2v) is 8.09. The quantitative estimate of drug-likeness (QED) is 0.846. The number of benzene rings is 1. The molecule has 1 atom stereocenters. The van der Waals surface area contributed by atoms with Crippen LogP contribution in [0, 0.1) is 0 Å². The molecular weight excluding hydrogens is 310 g/mol. The predicted molar refractivity (Wildman–Crippen MR) is 100 cm³/mol. The van der Waals surface area contributed by atoms with E-state index in [-0.39, 0.29) is 5.54 Å². The summed E-state index contributed by atoms with van der Waals surface area (Å²) in [6, 6.07) is 11.0. The van der Waals surface area contributed by atoms with Crippen LogP contribution in [0.15, 0.2) is 30.3 Å². The van der Waals surface area contributed by atoms with Gasteiger partial charge in [0.15, 0.2) is 0 Å². The van der Waals surface area contributed by atoms with Gasteiger partial charge in [-0.05, 0) is 51.4 Å². The number of hydrogen-bond acceptors (Lipinski definition) is 3. The Morgan fingerprint density at radius 2 is 1.64 bits per heavy atom. The third-order valence-corrected chi connectivity index (χ3v) is 6.66. The number of likely N-dealkylation sites (tertiary alicyclic amines) is 1. The van der Waals surface area contributed by atoms with E-state index in [2.05, 4.69) is 52.1 Å². The Kier molecular flexibility index (Phi) is 4.83. The van der Waals surface area contributed by atoms with Crippen LogP contribution in [0.4, 0.5) is 0 Å². The third-order valence-electron chi connectivity index (χ3n) is 6.66. The topological polar surface area (TPSA) is 26.8 Å². The molecule has 4 heteroatoms. The van der Waals surface area contributed by atoms with E-state index in [9.17, 15) is 4.79 Å². The molecule has 2 aliphatic heterocycles. The minimum absolute atomic E-state index is 0.187. The number of hydrogen-bond donors (Lipinski definition) is 0. The Bertz CT molecular complexity index is 590. The first-order valence-electron chi connectivity index (χ1n) is 10.0. The summed E-state index contributed by atoms with van der Waals surface area (Å²) in [7, 11) is 2.19. The van der Waals surface area contributed by atoms with Gasteiger partial charge in [0.25, 0.3) is 0 Å². The number of carbonyl (C=O) groups excluding carboxylic acids is 1. The van der Waals surface area contributed by atoms with Crippen LogP contribution in [0.25, 0.3) is 0 Å². The molecule has 0 bridgehead atoms. The molecule has 0 aromatic heterocycles. The summed E-state index contributed by atoms with van der Waals surface area (Å²) in [6.07, 6.45) is 7.05. The number of nitrogens with zero attached hydrogens (tertiary/aromatic N) is 3. The van der Waals surface area contributed by atoms with E-state index in [1.807, 2.05) is 0 Å². The molecule has 3 fully saturated rings. The SMILES string of the molecule is CN1CCN(C(=O)C2(N3CCCC3)CCCC2)C[C@@H]1c1ccccc1. The fraction of sp³-hybridized carbons (Fsp3) is 0.667. The van der Waals surface area contributed by atoms with Gasteiger partial charge in [-0.25, -0.2) is 0 Å². The summed E-state index contributed by atoms with van der Waals surface area (Å²) in [5.41, 5.74) is 1.14. The normalized spacial score (nSPS) is 27.7. The number of carbonyl (C=O) groups is 1. The van der Waals surface area contributed by atoms with Gasteiger partial charge >= 0.3 is 0 Å². The number of rotatable bonds is 3. The van der Waals surface area contributed by atoms with Crippen LogP contribution in [0.1, 0.15) is 50.1 Å². The first-order chi connectivity index (χ1) is 12.2. The summed E-state index contributed by atoms with van der Waals surface area (Å²) >= 11 is 0. The monoisotopic (exact) mass is 341 g/mol. The molecule has 1 aliphatic carbocycles. The van der Waals surface area contributed by atoms with Crippen molar-refractivity contribution < 1.29 is 4.79 Å². The molecule has 0 unspecified atom stereocenters. The largest absolute Gasteiger partial charge is 0.338 e. The molecule has 0 radical (unpaired) electrons. The molecule has 1 saturated carbocycles. The molecule has 2 saturated heterocycles. The summed E-state index contributed by atoms with van der Waals surface area (Å²) < 4.78 is 0. The van der Waals surface area contributed by atoms with Crippen LogP contribution >= 0.6 is 0 Å². The molecule has 4 nitrogen and oxygen atoms in total. The Morgan fingerprint density at radius 3 is 2.32 bits per heavy atom. The van der Waals surface area contributed by atoms with Gasteiger partial charge in [-0.1, -0.05) is 43.2 Å². The lowest BCUT2D eigenvalue weighted by Crippen LogP contribution is -2.60. The second kappa shape index (κ2) is 7.08. The maximum Gasteiger partial charge on any atom is 0.243 e. The van der Waals surface area contributed by atoms with Crippen LogP contribution in [-0.2, 0) is 4.79 Å². The fourth-order valence-corrected chi connectivity index (χ4v) is 5.16. The lowest BCUT2D eigenvalue weighted by atomic mass is 9.92. The maximum absolute atomic E-state index is 13.7. The van der Waals surface area contributed by atoms with Gasteiger partial charge < -0.3 is 4.90 Å². The number of amides is 1. The first kappa shape index (κ1) is 17.0. The van der Waals surface area contributed by atoms with E-state index in [1.54, 1.807) is 0 Å². The highest BCUT2D eigenvalue weighted by Crippen LogP contribution is 2.40. The third kappa shape index (κ3) is 3.11. The summed E-state index contributed by atoms with van der Waals surface area (Å²) in [5.74, 6) is 0.418. The lowest BCUT2D eigenvalue weighted by molar-refractivity contribution is -0.147. The van der Waals surface area contributed by atoms with Crippen LogP contribution in [-0.4, -0.2) is 65.9 Å². The molecule has 2 heterocycles. The molecule has 1 amide bonds. The van der Waals surface area contributed by atoms with Gasteiger partial charge in [-0.15, -0.1) is 0 Å². The maximum atomic E-state index is 13.7. The second-order valence-electron chi connectivity index (χ2n) is 8.09. The number of piperazine rings is 1. The standard InChI is InChI=1S/C21H31N3O/c1-22-15-16-23(17-19(22)18-9-3-2-4-10-18)20(25)21(11-5-6-12-21)24-13-7-8-14-24/h2-4,9-10,19H,5-8,11-17H2,1H3/t19-/m1/s1. The van der Waals surface area contributed by atoms with Crippen molar-refractivity contribution in [3.63, 3.8) is 0 Å². The Balaban J connectivity index is 1.55. The molecule has 1 aromatic carbocycles. The van der Waals surface area contributed by atoms with E-state index >= 15 is 0 Å². The Morgan fingerprint density at radius 1 is 0.960 bits per heavy atom. The van der Waals surface area contributed by atoms with Crippen molar-refractivity contribution in [2.75, 3.05) is 39.8 Å². The van der Waals surface area contributed by atoms with Gasteiger partial charge in [-0.3, -0.25) is 14.6 Å². The molecule has 0 spiro atoms. The first-order valence-corrected chi connectivity index (χ1v) is 10.0. The Labute approximate surface area is 151 Å². The molecule has 136 valence electrons. The zero-order valence-corrected chi connectivity index (χ0v) is 15.5. The average molecular weight is 341 g/mol. The average Bonchev–Trinajstić information content (AvgIpc) is 3.34. The molecule has 3 aliphatic rings. The zero-order valence-electron chi connectivity index (χ0n) is 15.5. The van der Waals surface area contributed by atoms with E-state index in [0.29, 0.717) is 11.9 Å². The summed E-state index contributed by atoms with van der Waals surface area (Å²) in [5, 5.41) is 0. The van der Waals surface area contributed by atoms with Crippen LogP contribution < -0.4 is 0 Å². The van der Waals surface area contributed by atoms with Crippen LogP contribution in [0.2, 0.25) is 0 Å². The minimum Gasteiger partial charge on any atom is -0.338 e. The molecule has 1 aromatic rings. The van der Waals surface area contributed by atoms with Crippen LogP contribution in [0.3, 0.4) is 0 Å². The summed E-state index contributed by atoms with van der Waals surface area (Å²) in [6.45, 7) is 4.88. The van der Waals surface area contributed by atoms with E-state index in [4.69, 9.17) is 0 Å². The fourth-order valence-electron chi connectivity index (χ4n) is 5.16. The minimum atomic E-state index is -0.187. The zero-order chi connectivity index (χ0) is 17.3. The van der Waals surface area contributed by atoms with Crippen molar-refractivity contribution in [1.82, 2.24) is 14.7 Å². The highest BCUT2D eigenvalue weighted by molar-refractivity contribution is 5.87. The van der Waals surface area contributed by atoms with Gasteiger partial charge in [0.2, 0.25) is 5.91 Å². The van der Waals surface area contributed by atoms with E-state index in [1.165, 1.54) is 31.2 Å². The van der Waals surface area contributed by atoms with E-state index < -0.39 is 0 Å². The lowest BCUT2D eigenvalue weighted by Gasteiger charge is -2.45. The summed E-state index contributed by atoms with van der Waals surface area (Å²) in [4.78, 5) is 20.8. The van der Waals surface area contributed by atoms with Crippen molar-refractivity contribution in [3.05, 3.63) is 35.9 Å². The van der Waals surface area contributed by atoms with Gasteiger partial charge in [-0.2, -0.15) is 0 Å². The Hall–Kier alpha value is -1.39.